The Balaban J connectivity index is 1.58. The summed E-state index contributed by atoms with van der Waals surface area (Å²) in [7, 11) is -4.02. The fourth-order valence-electron chi connectivity index (χ4n) is 2.35. The second-order valence-electron chi connectivity index (χ2n) is 5.36. The molecule has 0 aliphatic heterocycles. The van der Waals surface area contributed by atoms with Gasteiger partial charge in [0.2, 0.25) is 0 Å². The topological polar surface area (TPSA) is 73.8 Å². The normalized spacial score (nSPS) is 11.8. The van der Waals surface area contributed by atoms with E-state index in [1.165, 1.54) is 24.5 Å². The maximum Gasteiger partial charge on any atom is 0.339 e. The summed E-state index contributed by atoms with van der Waals surface area (Å²) in [5, 5.41) is 0.400. The molecule has 0 amide bonds. The molecule has 0 aliphatic carbocycles. The van der Waals surface area contributed by atoms with E-state index >= 15 is 0 Å². The van der Waals surface area contributed by atoms with E-state index in [1.807, 2.05) is 0 Å². The summed E-state index contributed by atoms with van der Waals surface area (Å²) in [4.78, 5) is 4.24. The summed E-state index contributed by atoms with van der Waals surface area (Å²) in [6.45, 7) is 0. The van der Waals surface area contributed by atoms with Crippen LogP contribution < -0.4 is 4.18 Å². The lowest BCUT2D eigenvalue weighted by Crippen LogP contribution is -2.09. The molecule has 0 radical (unpaired) electrons. The Morgan fingerprint density at radius 3 is 2.50 bits per heavy atom. The highest BCUT2D eigenvalue weighted by Crippen LogP contribution is 2.28. The van der Waals surface area contributed by atoms with Gasteiger partial charge in [0.05, 0.1) is 15.7 Å². The fraction of sp³-hybridized carbons (Fsp3) is 0. The van der Waals surface area contributed by atoms with Crippen molar-refractivity contribution in [3.05, 3.63) is 71.2 Å². The first-order valence-electron chi connectivity index (χ1n) is 7.34. The molecule has 26 heavy (non-hydrogen) atoms. The van der Waals surface area contributed by atoms with E-state index in [9.17, 15) is 8.42 Å². The third kappa shape index (κ3) is 3.16. The van der Waals surface area contributed by atoms with Crippen LogP contribution in [0, 0.1) is 0 Å². The van der Waals surface area contributed by atoms with Crippen LogP contribution in [0.3, 0.4) is 0 Å². The van der Waals surface area contributed by atoms with Crippen molar-refractivity contribution in [3.63, 3.8) is 0 Å². The van der Waals surface area contributed by atoms with Crippen molar-refractivity contribution in [2.75, 3.05) is 0 Å². The number of hydrogen-bond acceptors (Lipinski definition) is 5. The zero-order valence-electron chi connectivity index (χ0n) is 13.0. The summed E-state index contributed by atoms with van der Waals surface area (Å²) in [6.07, 6.45) is 5.09. The van der Waals surface area contributed by atoms with Crippen LogP contribution in [0.15, 0.2) is 70.4 Å². The zero-order valence-corrected chi connectivity index (χ0v) is 15.3. The second kappa shape index (κ2) is 6.35. The highest BCUT2D eigenvalue weighted by atomic mass is 35.5. The highest BCUT2D eigenvalue weighted by molar-refractivity contribution is 7.87. The number of rotatable bonds is 4. The second-order valence-corrected chi connectivity index (χ2v) is 7.72. The van der Waals surface area contributed by atoms with Crippen LogP contribution in [0.25, 0.3) is 17.1 Å². The quantitative estimate of drug-likeness (QED) is 0.458. The van der Waals surface area contributed by atoms with Gasteiger partial charge in [0.25, 0.3) is 0 Å². The number of imidazole rings is 1. The van der Waals surface area contributed by atoms with Gasteiger partial charge in [-0.25, -0.2) is 0 Å². The molecule has 132 valence electrons. The Morgan fingerprint density at radius 2 is 1.81 bits per heavy atom. The first-order valence-corrected chi connectivity index (χ1v) is 9.51. The Morgan fingerprint density at radius 1 is 1.04 bits per heavy atom. The minimum Gasteiger partial charge on any atom is -0.432 e. The van der Waals surface area contributed by atoms with Gasteiger partial charge in [-0.05, 0) is 42.5 Å². The zero-order chi connectivity index (χ0) is 18.3. The average Bonchev–Trinajstić information content (AvgIpc) is 3.19. The summed E-state index contributed by atoms with van der Waals surface area (Å²) < 4.78 is 36.8. The molecule has 0 saturated carbocycles. The first kappa shape index (κ1) is 17.0. The SMILES string of the molecule is O=S(=O)(Oc1ccc(-c2cn3ccoc3n2)cc1)c1ccc(Cl)c(Cl)c1. The van der Waals surface area contributed by atoms with Crippen molar-refractivity contribution in [1.82, 2.24) is 9.38 Å². The lowest BCUT2D eigenvalue weighted by atomic mass is 10.2. The maximum absolute atomic E-state index is 12.4. The van der Waals surface area contributed by atoms with Crippen LogP contribution in [0.5, 0.6) is 5.75 Å². The highest BCUT2D eigenvalue weighted by Gasteiger charge is 2.18. The third-order valence-corrected chi connectivity index (χ3v) is 5.61. The van der Waals surface area contributed by atoms with Crippen molar-refractivity contribution >= 4 is 39.2 Å². The van der Waals surface area contributed by atoms with E-state index in [0.29, 0.717) is 11.5 Å². The number of hydrogen-bond donors (Lipinski definition) is 0. The van der Waals surface area contributed by atoms with Gasteiger partial charge < -0.3 is 8.60 Å². The van der Waals surface area contributed by atoms with Crippen LogP contribution in [0.2, 0.25) is 10.0 Å². The molecule has 0 fully saturated rings. The minimum atomic E-state index is -4.02. The van der Waals surface area contributed by atoms with E-state index in [2.05, 4.69) is 4.98 Å². The third-order valence-electron chi connectivity index (χ3n) is 3.63. The Hall–Kier alpha value is -2.48. The number of fused-ring (bicyclic) bond motifs is 1. The van der Waals surface area contributed by atoms with Gasteiger partial charge in [0.1, 0.15) is 16.9 Å². The van der Waals surface area contributed by atoms with Gasteiger partial charge >= 0.3 is 16.0 Å². The van der Waals surface area contributed by atoms with E-state index < -0.39 is 10.1 Å². The van der Waals surface area contributed by atoms with Crippen molar-refractivity contribution in [2.24, 2.45) is 0 Å². The molecule has 4 rings (SSSR count). The monoisotopic (exact) mass is 408 g/mol. The molecule has 0 aliphatic rings. The predicted molar refractivity (Wildman–Crippen MR) is 97.2 cm³/mol. The molecule has 0 N–H and O–H groups in total. The first-order chi connectivity index (χ1) is 12.4. The van der Waals surface area contributed by atoms with Crippen LogP contribution in [0.4, 0.5) is 0 Å². The number of oxazole rings is 1. The largest absolute Gasteiger partial charge is 0.432 e. The molecule has 0 bridgehead atoms. The number of aromatic nitrogens is 2. The predicted octanol–water partition coefficient (Wildman–Crippen LogP) is 4.67. The Bertz CT molecular complexity index is 1170. The molecule has 6 nitrogen and oxygen atoms in total. The van der Waals surface area contributed by atoms with E-state index in [4.69, 9.17) is 31.8 Å². The molecule has 9 heteroatoms. The lowest BCUT2D eigenvalue weighted by molar-refractivity contribution is 0.486. The van der Waals surface area contributed by atoms with Crippen molar-refractivity contribution < 1.29 is 17.0 Å². The van der Waals surface area contributed by atoms with Crippen LogP contribution in [0.1, 0.15) is 0 Å². The number of nitrogens with zero attached hydrogens (tertiary/aromatic N) is 2. The van der Waals surface area contributed by atoms with E-state index in [0.717, 1.165) is 5.56 Å². The van der Waals surface area contributed by atoms with Gasteiger partial charge in [0.15, 0.2) is 0 Å². The minimum absolute atomic E-state index is 0.0783. The lowest BCUT2D eigenvalue weighted by Gasteiger charge is -2.08. The van der Waals surface area contributed by atoms with Gasteiger partial charge in [-0.2, -0.15) is 13.4 Å². The molecular weight excluding hydrogens is 399 g/mol. The van der Waals surface area contributed by atoms with Gasteiger partial charge in [0, 0.05) is 18.0 Å². The Kier molecular flexibility index (Phi) is 4.14. The molecule has 2 aromatic carbocycles. The molecule has 0 spiro atoms. The smallest absolute Gasteiger partial charge is 0.339 e. The summed E-state index contributed by atoms with van der Waals surface area (Å²) in [5.74, 6) is 0.644. The van der Waals surface area contributed by atoms with E-state index in [-0.39, 0.29) is 20.7 Å². The van der Waals surface area contributed by atoms with Gasteiger partial charge in [-0.15, -0.1) is 0 Å². The van der Waals surface area contributed by atoms with Crippen molar-refractivity contribution in [1.29, 1.82) is 0 Å². The molecule has 0 unspecified atom stereocenters. The van der Waals surface area contributed by atoms with E-state index in [1.54, 1.807) is 41.1 Å². The molecule has 0 saturated heterocycles. The van der Waals surface area contributed by atoms with Crippen molar-refractivity contribution in [2.45, 2.75) is 4.90 Å². The molecular formula is C17H10Cl2N2O4S. The standard InChI is InChI=1S/C17H10Cl2N2O4S/c18-14-6-5-13(9-15(14)19)26(22,23)25-12-3-1-11(2-4-12)16-10-21-7-8-24-17(21)20-16/h1-10H. The Labute approximate surface area is 158 Å². The summed E-state index contributed by atoms with van der Waals surface area (Å²) >= 11 is 11.7. The molecule has 2 heterocycles. The van der Waals surface area contributed by atoms with Crippen LogP contribution >= 0.6 is 23.2 Å². The number of benzene rings is 2. The van der Waals surface area contributed by atoms with Crippen LogP contribution in [-0.4, -0.2) is 17.8 Å². The maximum atomic E-state index is 12.4. The molecule has 2 aromatic heterocycles. The van der Waals surface area contributed by atoms with Crippen LogP contribution in [-0.2, 0) is 10.1 Å². The molecule has 4 aromatic rings. The van der Waals surface area contributed by atoms with Gasteiger partial charge in [-0.1, -0.05) is 23.2 Å². The van der Waals surface area contributed by atoms with Gasteiger partial charge in [-0.3, -0.25) is 4.40 Å². The summed E-state index contributed by atoms with van der Waals surface area (Å²) in [5.41, 5.74) is 1.49. The number of halogens is 2. The fourth-order valence-corrected chi connectivity index (χ4v) is 3.68. The average molecular weight is 409 g/mol. The summed E-state index contributed by atoms with van der Waals surface area (Å²) in [6, 6.07) is 10.5. The van der Waals surface area contributed by atoms with Crippen molar-refractivity contribution in [3.8, 4) is 17.0 Å². The molecule has 0 atom stereocenters.